The van der Waals surface area contributed by atoms with Crippen LogP contribution < -0.4 is 4.90 Å². The predicted octanol–water partition coefficient (Wildman–Crippen LogP) is 4.45. The summed E-state index contributed by atoms with van der Waals surface area (Å²) < 4.78 is 15.5. The molecule has 7 nitrogen and oxygen atoms in total. The van der Waals surface area contributed by atoms with Crippen molar-refractivity contribution in [1.29, 1.82) is 0 Å². The number of amides is 1. The molecule has 3 aromatic rings. The Labute approximate surface area is 200 Å². The number of hydrogen-bond donors (Lipinski definition) is 0. The minimum atomic E-state index is -0.404. The van der Waals surface area contributed by atoms with E-state index in [1.54, 1.807) is 12.3 Å². The number of rotatable bonds is 4. The van der Waals surface area contributed by atoms with Crippen LogP contribution in [-0.4, -0.2) is 50.2 Å². The summed E-state index contributed by atoms with van der Waals surface area (Å²) in [5.74, 6) is 1.35. The SMILES string of the molecule is Cc1cc(Br)nc(N2CCC3(CC2)CCN(C(C)c2ccc(-n4cc(F)cn4)nc2)C3=O)c1. The molecule has 1 amide bonds. The fraction of sp³-hybridized carbons (Fsp3) is 0.417. The highest BCUT2D eigenvalue weighted by molar-refractivity contribution is 9.10. The topological polar surface area (TPSA) is 67.2 Å². The highest BCUT2D eigenvalue weighted by Gasteiger charge is 2.49. The molecule has 0 N–H and O–H groups in total. The zero-order chi connectivity index (χ0) is 23.2. The number of nitrogens with zero attached hydrogens (tertiary/aromatic N) is 6. The van der Waals surface area contributed by atoms with Gasteiger partial charge in [0.1, 0.15) is 10.4 Å². The van der Waals surface area contributed by atoms with E-state index >= 15 is 0 Å². The van der Waals surface area contributed by atoms with Crippen molar-refractivity contribution in [3.63, 3.8) is 0 Å². The zero-order valence-corrected chi connectivity index (χ0v) is 20.3. The number of carbonyl (C=O) groups is 1. The average molecular weight is 513 g/mol. The molecule has 1 spiro atoms. The van der Waals surface area contributed by atoms with Crippen LogP contribution >= 0.6 is 15.9 Å². The highest BCUT2D eigenvalue weighted by atomic mass is 79.9. The Hall–Kier alpha value is -2.81. The molecular formula is C24H26BrFN6O. The summed E-state index contributed by atoms with van der Waals surface area (Å²) in [7, 11) is 0. The molecule has 3 aromatic heterocycles. The largest absolute Gasteiger partial charge is 0.357 e. The maximum atomic E-state index is 13.5. The van der Waals surface area contributed by atoms with E-state index < -0.39 is 5.82 Å². The van der Waals surface area contributed by atoms with Crippen LogP contribution in [0.5, 0.6) is 0 Å². The first kappa shape index (κ1) is 22.0. The van der Waals surface area contributed by atoms with Crippen molar-refractivity contribution >= 4 is 27.7 Å². The van der Waals surface area contributed by atoms with E-state index in [2.05, 4.69) is 48.9 Å². The summed E-state index contributed by atoms with van der Waals surface area (Å²) in [6, 6.07) is 7.78. The molecule has 0 bridgehead atoms. The van der Waals surface area contributed by atoms with Gasteiger partial charge in [0, 0.05) is 25.8 Å². The highest BCUT2D eigenvalue weighted by Crippen LogP contribution is 2.44. The Morgan fingerprint density at radius 2 is 1.85 bits per heavy atom. The summed E-state index contributed by atoms with van der Waals surface area (Å²) >= 11 is 3.49. The van der Waals surface area contributed by atoms with Crippen molar-refractivity contribution in [2.45, 2.75) is 39.2 Å². The molecule has 172 valence electrons. The Balaban J connectivity index is 1.26. The molecule has 0 aliphatic carbocycles. The first-order chi connectivity index (χ1) is 15.8. The molecule has 2 aliphatic rings. The van der Waals surface area contributed by atoms with E-state index in [1.807, 2.05) is 24.0 Å². The van der Waals surface area contributed by atoms with Crippen LogP contribution in [0.25, 0.3) is 5.82 Å². The first-order valence-electron chi connectivity index (χ1n) is 11.2. The van der Waals surface area contributed by atoms with Gasteiger partial charge in [-0.3, -0.25) is 4.79 Å². The van der Waals surface area contributed by atoms with Gasteiger partial charge in [0.15, 0.2) is 11.6 Å². The maximum Gasteiger partial charge on any atom is 0.229 e. The summed E-state index contributed by atoms with van der Waals surface area (Å²) in [6.45, 7) is 6.52. The lowest BCUT2D eigenvalue weighted by Crippen LogP contribution is -2.45. The molecule has 5 rings (SSSR count). The quantitative estimate of drug-likeness (QED) is 0.483. The molecule has 9 heteroatoms. The molecular weight excluding hydrogens is 487 g/mol. The Bertz CT molecular complexity index is 1150. The lowest BCUT2D eigenvalue weighted by atomic mass is 9.77. The smallest absolute Gasteiger partial charge is 0.229 e. The molecule has 2 aliphatic heterocycles. The summed E-state index contributed by atoms with van der Waals surface area (Å²) in [5.41, 5.74) is 1.84. The van der Waals surface area contributed by atoms with Crippen LogP contribution in [0.2, 0.25) is 0 Å². The van der Waals surface area contributed by atoms with E-state index in [9.17, 15) is 9.18 Å². The Morgan fingerprint density at radius 3 is 2.48 bits per heavy atom. The van der Waals surface area contributed by atoms with Crippen molar-refractivity contribution in [3.05, 3.63) is 64.4 Å². The van der Waals surface area contributed by atoms with E-state index in [1.165, 1.54) is 16.4 Å². The second-order valence-corrected chi connectivity index (χ2v) is 9.88. The number of aryl methyl sites for hydroxylation is 1. The first-order valence-corrected chi connectivity index (χ1v) is 12.0. The minimum Gasteiger partial charge on any atom is -0.357 e. The van der Waals surface area contributed by atoms with Gasteiger partial charge in [-0.15, -0.1) is 0 Å². The van der Waals surface area contributed by atoms with Crippen LogP contribution in [0.1, 0.15) is 43.4 Å². The second kappa shape index (κ2) is 8.52. The fourth-order valence-electron chi connectivity index (χ4n) is 5.00. The summed E-state index contributed by atoms with van der Waals surface area (Å²) in [4.78, 5) is 26.9. The van der Waals surface area contributed by atoms with Crippen LogP contribution in [0.15, 0.2) is 47.5 Å². The number of likely N-dealkylation sites (tertiary alicyclic amines) is 1. The number of piperidine rings is 1. The molecule has 2 saturated heterocycles. The van der Waals surface area contributed by atoms with Gasteiger partial charge in [-0.2, -0.15) is 5.10 Å². The lowest BCUT2D eigenvalue weighted by Gasteiger charge is -2.39. The van der Waals surface area contributed by atoms with Gasteiger partial charge in [-0.05, 0) is 78.4 Å². The molecule has 0 radical (unpaired) electrons. The van der Waals surface area contributed by atoms with Crippen molar-refractivity contribution in [2.75, 3.05) is 24.5 Å². The number of halogens is 2. The van der Waals surface area contributed by atoms with Crippen molar-refractivity contribution in [3.8, 4) is 5.82 Å². The number of aromatic nitrogens is 4. The van der Waals surface area contributed by atoms with Gasteiger partial charge in [0.05, 0.1) is 23.9 Å². The molecule has 0 aromatic carbocycles. The molecule has 2 fully saturated rings. The number of pyridine rings is 2. The third-order valence-electron chi connectivity index (χ3n) is 7.02. The van der Waals surface area contributed by atoms with Gasteiger partial charge >= 0.3 is 0 Å². The minimum absolute atomic E-state index is 0.0693. The van der Waals surface area contributed by atoms with Crippen molar-refractivity contribution in [2.24, 2.45) is 5.41 Å². The number of carbonyl (C=O) groups excluding carboxylic acids is 1. The predicted molar refractivity (Wildman–Crippen MR) is 127 cm³/mol. The molecule has 0 saturated carbocycles. The van der Waals surface area contributed by atoms with E-state index in [4.69, 9.17) is 0 Å². The maximum absolute atomic E-state index is 13.5. The third-order valence-corrected chi connectivity index (χ3v) is 7.43. The van der Waals surface area contributed by atoms with Gasteiger partial charge in [-0.25, -0.2) is 19.0 Å². The third kappa shape index (κ3) is 4.14. The monoisotopic (exact) mass is 512 g/mol. The van der Waals surface area contributed by atoms with E-state index in [0.29, 0.717) is 5.82 Å². The van der Waals surface area contributed by atoms with E-state index in [0.717, 1.165) is 61.1 Å². The Kier molecular flexibility index (Phi) is 5.68. The lowest BCUT2D eigenvalue weighted by molar-refractivity contribution is -0.138. The molecule has 33 heavy (non-hydrogen) atoms. The van der Waals surface area contributed by atoms with Crippen molar-refractivity contribution < 1.29 is 9.18 Å². The molecule has 1 atom stereocenters. The van der Waals surface area contributed by atoms with Crippen LogP contribution in [-0.2, 0) is 4.79 Å². The Morgan fingerprint density at radius 1 is 1.09 bits per heavy atom. The van der Waals surface area contributed by atoms with Crippen LogP contribution in [0.4, 0.5) is 10.2 Å². The van der Waals surface area contributed by atoms with Gasteiger partial charge in [0.2, 0.25) is 5.91 Å². The zero-order valence-electron chi connectivity index (χ0n) is 18.7. The number of hydrogen-bond acceptors (Lipinski definition) is 5. The van der Waals surface area contributed by atoms with Gasteiger partial charge in [-0.1, -0.05) is 6.07 Å². The second-order valence-electron chi connectivity index (χ2n) is 9.07. The summed E-state index contributed by atoms with van der Waals surface area (Å²) in [6.07, 6.45) is 6.75. The number of anilines is 1. The average Bonchev–Trinajstić information content (AvgIpc) is 3.37. The van der Waals surface area contributed by atoms with E-state index in [-0.39, 0.29) is 17.4 Å². The van der Waals surface area contributed by atoms with Crippen LogP contribution in [0.3, 0.4) is 0 Å². The fourth-order valence-corrected chi connectivity index (χ4v) is 5.54. The van der Waals surface area contributed by atoms with Crippen LogP contribution in [0, 0.1) is 18.2 Å². The van der Waals surface area contributed by atoms with Gasteiger partial charge in [0.25, 0.3) is 0 Å². The van der Waals surface area contributed by atoms with Crippen molar-refractivity contribution in [1.82, 2.24) is 24.6 Å². The molecule has 5 heterocycles. The standard InChI is InChI=1S/C24H26BrFN6O/c1-16-11-20(25)29-22(12-16)30-8-5-24(6-9-30)7-10-31(23(24)33)17(2)18-3-4-21(27-13-18)32-15-19(26)14-28-32/h3-4,11-15,17H,5-10H2,1-2H3. The molecule has 1 unspecified atom stereocenters. The van der Waals surface area contributed by atoms with Gasteiger partial charge < -0.3 is 9.80 Å². The normalized spacial score (nSPS) is 18.8. The summed E-state index contributed by atoms with van der Waals surface area (Å²) in [5, 5.41) is 3.95.